The number of hydrogen-bond acceptors (Lipinski definition) is 4. The third-order valence-corrected chi connectivity index (χ3v) is 6.09. The molecule has 3 rings (SSSR count). The van der Waals surface area contributed by atoms with Gasteiger partial charge in [-0.2, -0.15) is 26.3 Å². The zero-order valence-corrected chi connectivity index (χ0v) is 20.8. The minimum atomic E-state index is -5.08. The Labute approximate surface area is 213 Å². The van der Waals surface area contributed by atoms with Gasteiger partial charge >= 0.3 is 24.5 Å². The molecular formula is C25H25F7N2O4. The molecule has 0 fully saturated rings. The molecule has 2 amide bonds. The van der Waals surface area contributed by atoms with E-state index in [9.17, 15) is 35.9 Å². The van der Waals surface area contributed by atoms with E-state index >= 15 is 4.39 Å². The lowest BCUT2D eigenvalue weighted by Crippen LogP contribution is -2.48. The predicted molar refractivity (Wildman–Crippen MR) is 122 cm³/mol. The third kappa shape index (κ3) is 5.97. The van der Waals surface area contributed by atoms with Crippen LogP contribution in [-0.4, -0.2) is 36.8 Å². The fourth-order valence-corrected chi connectivity index (χ4v) is 4.53. The van der Waals surface area contributed by atoms with E-state index in [2.05, 4.69) is 0 Å². The first kappa shape index (κ1) is 29.1. The van der Waals surface area contributed by atoms with Gasteiger partial charge in [-0.3, -0.25) is 9.80 Å². The number of halogens is 7. The van der Waals surface area contributed by atoms with Crippen LogP contribution in [-0.2, 0) is 28.4 Å². The molecule has 2 aromatic carbocycles. The molecule has 0 N–H and O–H groups in total. The van der Waals surface area contributed by atoms with Gasteiger partial charge < -0.3 is 9.47 Å². The second-order valence-corrected chi connectivity index (χ2v) is 8.87. The molecule has 0 bridgehead atoms. The molecule has 6 nitrogen and oxygen atoms in total. The summed E-state index contributed by atoms with van der Waals surface area (Å²) in [7, 11) is 0.998. The SMILES string of the molecule is CCOC(=O)N1c2c(F)cc(C)cc2[C@@H](N(Cc2cc(C(F)(F)F)cc(C(F)(F)F)c2)C(=O)OC)C[C@H]1C. The number of nitrogens with zero attached hydrogens (tertiary/aromatic N) is 2. The molecule has 0 saturated carbocycles. The average Bonchev–Trinajstić information content (AvgIpc) is 2.80. The largest absolute Gasteiger partial charge is 0.453 e. The van der Waals surface area contributed by atoms with Gasteiger partial charge in [0.1, 0.15) is 5.82 Å². The number of fused-ring (bicyclic) bond motifs is 1. The van der Waals surface area contributed by atoms with E-state index in [4.69, 9.17) is 9.47 Å². The summed E-state index contributed by atoms with van der Waals surface area (Å²) < 4.78 is 106. The molecule has 2 aromatic rings. The predicted octanol–water partition coefficient (Wildman–Crippen LogP) is 7.24. The molecule has 2 atom stereocenters. The molecule has 38 heavy (non-hydrogen) atoms. The number of anilines is 1. The van der Waals surface area contributed by atoms with Crippen LogP contribution in [0.4, 0.5) is 46.0 Å². The molecule has 0 radical (unpaired) electrons. The number of benzene rings is 2. The molecule has 0 unspecified atom stereocenters. The Morgan fingerprint density at radius 3 is 2.11 bits per heavy atom. The Balaban J connectivity index is 2.17. The smallest absolute Gasteiger partial charge is 0.416 e. The average molecular weight is 550 g/mol. The van der Waals surface area contributed by atoms with Crippen LogP contribution >= 0.6 is 0 Å². The Hall–Kier alpha value is -3.51. The molecular weight excluding hydrogens is 525 g/mol. The maximum atomic E-state index is 15.2. The van der Waals surface area contributed by atoms with Crippen molar-refractivity contribution in [3.05, 3.63) is 64.0 Å². The molecule has 208 valence electrons. The van der Waals surface area contributed by atoms with E-state index in [0.717, 1.165) is 23.0 Å². The van der Waals surface area contributed by atoms with Crippen molar-refractivity contribution < 1.29 is 49.8 Å². The van der Waals surface area contributed by atoms with Gasteiger partial charge in [-0.1, -0.05) is 6.07 Å². The van der Waals surface area contributed by atoms with Crippen LogP contribution in [0, 0.1) is 12.7 Å². The number of carbonyl (C=O) groups is 2. The molecule has 1 aliphatic rings. The molecule has 0 spiro atoms. The van der Waals surface area contributed by atoms with E-state index in [1.165, 1.54) is 6.07 Å². The second-order valence-electron chi connectivity index (χ2n) is 8.87. The minimum Gasteiger partial charge on any atom is -0.453 e. The van der Waals surface area contributed by atoms with Crippen LogP contribution in [0.5, 0.6) is 0 Å². The molecule has 0 saturated heterocycles. The highest BCUT2D eigenvalue weighted by Gasteiger charge is 2.42. The number of ether oxygens (including phenoxy) is 2. The Morgan fingerprint density at radius 1 is 1.03 bits per heavy atom. The summed E-state index contributed by atoms with van der Waals surface area (Å²) >= 11 is 0. The van der Waals surface area contributed by atoms with E-state index in [1.807, 2.05) is 0 Å². The molecule has 1 aliphatic heterocycles. The third-order valence-electron chi connectivity index (χ3n) is 6.09. The van der Waals surface area contributed by atoms with Gasteiger partial charge in [0.15, 0.2) is 0 Å². The lowest BCUT2D eigenvalue weighted by Gasteiger charge is -2.42. The van der Waals surface area contributed by atoms with Gasteiger partial charge in [0.05, 0.1) is 36.6 Å². The topological polar surface area (TPSA) is 59.1 Å². The number of carbonyl (C=O) groups excluding carboxylic acids is 2. The summed E-state index contributed by atoms with van der Waals surface area (Å²) in [5, 5.41) is 0. The van der Waals surface area contributed by atoms with Crippen molar-refractivity contribution in [1.82, 2.24) is 4.90 Å². The van der Waals surface area contributed by atoms with Crippen molar-refractivity contribution in [3.63, 3.8) is 0 Å². The van der Waals surface area contributed by atoms with Gasteiger partial charge in [-0.25, -0.2) is 14.0 Å². The van der Waals surface area contributed by atoms with Gasteiger partial charge in [0.2, 0.25) is 0 Å². The maximum Gasteiger partial charge on any atom is 0.416 e. The molecule has 0 aromatic heterocycles. The van der Waals surface area contributed by atoms with Gasteiger partial charge in [-0.05, 0) is 62.6 Å². The van der Waals surface area contributed by atoms with Crippen LogP contribution in [0.1, 0.15) is 54.1 Å². The maximum absolute atomic E-state index is 15.2. The Bertz CT molecular complexity index is 1180. The number of aryl methyl sites for hydroxylation is 1. The van der Waals surface area contributed by atoms with Crippen molar-refractivity contribution >= 4 is 17.9 Å². The van der Waals surface area contributed by atoms with Crippen LogP contribution in [0.25, 0.3) is 0 Å². The van der Waals surface area contributed by atoms with E-state index in [0.29, 0.717) is 17.7 Å². The molecule has 1 heterocycles. The van der Waals surface area contributed by atoms with Crippen LogP contribution < -0.4 is 4.90 Å². The summed E-state index contributed by atoms with van der Waals surface area (Å²) in [4.78, 5) is 27.5. The highest BCUT2D eigenvalue weighted by molar-refractivity contribution is 5.90. The first-order chi connectivity index (χ1) is 17.6. The Kier molecular flexibility index (Phi) is 8.18. The van der Waals surface area contributed by atoms with Crippen molar-refractivity contribution in [2.45, 2.75) is 58.2 Å². The van der Waals surface area contributed by atoms with Crippen LogP contribution in [0.15, 0.2) is 30.3 Å². The number of alkyl halides is 6. The van der Waals surface area contributed by atoms with E-state index in [-0.39, 0.29) is 30.3 Å². The summed E-state index contributed by atoms with van der Waals surface area (Å²) in [6, 6.07) is 1.84. The van der Waals surface area contributed by atoms with Gasteiger partial charge in [0, 0.05) is 18.2 Å². The van der Waals surface area contributed by atoms with Crippen LogP contribution in [0.3, 0.4) is 0 Å². The van der Waals surface area contributed by atoms with Crippen molar-refractivity contribution in [2.24, 2.45) is 0 Å². The van der Waals surface area contributed by atoms with Crippen molar-refractivity contribution in [2.75, 3.05) is 18.6 Å². The molecule has 0 aliphatic carbocycles. The Morgan fingerprint density at radius 2 is 1.61 bits per heavy atom. The minimum absolute atomic E-state index is 0.000331. The van der Waals surface area contributed by atoms with E-state index in [1.54, 1.807) is 20.8 Å². The normalized spacial score (nSPS) is 17.6. The highest BCUT2D eigenvalue weighted by atomic mass is 19.4. The molecule has 13 heteroatoms. The number of methoxy groups -OCH3 is 1. The van der Waals surface area contributed by atoms with Crippen molar-refractivity contribution in [3.8, 4) is 0 Å². The summed E-state index contributed by atoms with van der Waals surface area (Å²) in [5.74, 6) is -0.812. The summed E-state index contributed by atoms with van der Waals surface area (Å²) in [5.41, 5.74) is -3.21. The fourth-order valence-electron chi connectivity index (χ4n) is 4.53. The van der Waals surface area contributed by atoms with Gasteiger partial charge in [0.25, 0.3) is 0 Å². The van der Waals surface area contributed by atoms with Crippen LogP contribution in [0.2, 0.25) is 0 Å². The van der Waals surface area contributed by atoms with Crippen molar-refractivity contribution in [1.29, 1.82) is 0 Å². The van der Waals surface area contributed by atoms with E-state index < -0.39 is 65.7 Å². The first-order valence-corrected chi connectivity index (χ1v) is 11.5. The van der Waals surface area contributed by atoms with Gasteiger partial charge in [-0.15, -0.1) is 0 Å². The monoisotopic (exact) mass is 550 g/mol. The highest BCUT2D eigenvalue weighted by Crippen LogP contribution is 2.44. The number of amides is 2. The number of hydrogen-bond donors (Lipinski definition) is 0. The zero-order valence-electron chi connectivity index (χ0n) is 20.8. The summed E-state index contributed by atoms with van der Waals surface area (Å²) in [6.45, 7) is 3.95. The number of rotatable bonds is 4. The lowest BCUT2D eigenvalue weighted by molar-refractivity contribution is -0.143. The zero-order chi connectivity index (χ0) is 28.6. The summed E-state index contributed by atoms with van der Waals surface area (Å²) in [6.07, 6.45) is -12.1. The lowest BCUT2D eigenvalue weighted by atomic mass is 9.89. The second kappa shape index (κ2) is 10.7. The first-order valence-electron chi connectivity index (χ1n) is 11.5. The quantitative estimate of drug-likeness (QED) is 0.377. The fraction of sp³-hybridized carbons (Fsp3) is 0.440. The standard InChI is InChI=1S/C25H25F7N2O4/c1-5-38-23(36)34-14(3)8-20(18-6-13(2)7-19(26)21(18)34)33(22(35)37-4)12-15-9-16(24(27,28)29)11-17(10-15)25(30,31)32/h6-7,9-11,14,20H,5,8,12H2,1-4H3/t14-,20+/m1/s1.